The molecule has 1 aliphatic heterocycles. The molecule has 1 saturated carbocycles. The molecule has 2 aromatic carbocycles. The van der Waals surface area contributed by atoms with Crippen molar-refractivity contribution in [3.8, 4) is 5.75 Å². The molecular weight excluding hydrogens is 316 g/mol. The zero-order chi connectivity index (χ0) is 17.4. The molecule has 1 heterocycles. The number of ether oxygens (including phenoxy) is 1. The maximum Gasteiger partial charge on any atom is 0.258 e. The van der Waals surface area contributed by atoms with Crippen molar-refractivity contribution in [3.05, 3.63) is 59.7 Å². The van der Waals surface area contributed by atoms with E-state index in [2.05, 4.69) is 5.32 Å². The summed E-state index contributed by atoms with van der Waals surface area (Å²) in [6.45, 7) is 2.42. The lowest BCUT2D eigenvalue weighted by Gasteiger charge is -2.33. The van der Waals surface area contributed by atoms with Gasteiger partial charge < -0.3 is 15.0 Å². The number of benzene rings is 2. The van der Waals surface area contributed by atoms with Gasteiger partial charge in [-0.05, 0) is 50.1 Å². The third-order valence-electron chi connectivity index (χ3n) is 4.45. The molecule has 1 fully saturated rings. The molecule has 0 radical (unpaired) electrons. The van der Waals surface area contributed by atoms with Gasteiger partial charge in [0.1, 0.15) is 11.9 Å². The molecule has 0 bridgehead atoms. The Morgan fingerprint density at radius 3 is 2.64 bits per heavy atom. The van der Waals surface area contributed by atoms with E-state index in [1.54, 1.807) is 29.2 Å². The van der Waals surface area contributed by atoms with Crippen LogP contribution in [0.3, 0.4) is 0 Å². The summed E-state index contributed by atoms with van der Waals surface area (Å²) in [5, 5.41) is 2.95. The molecule has 128 valence electrons. The minimum Gasteiger partial charge on any atom is -0.487 e. The van der Waals surface area contributed by atoms with E-state index in [1.165, 1.54) is 0 Å². The first kappa shape index (κ1) is 15.7. The fourth-order valence-corrected chi connectivity index (χ4v) is 3.03. The summed E-state index contributed by atoms with van der Waals surface area (Å²) in [5.41, 5.74) is 1.79. The first-order valence-electron chi connectivity index (χ1n) is 8.60. The Morgan fingerprint density at radius 2 is 1.84 bits per heavy atom. The second-order valence-corrected chi connectivity index (χ2v) is 6.64. The Kier molecular flexibility index (Phi) is 3.92. The van der Waals surface area contributed by atoms with Gasteiger partial charge in [0, 0.05) is 17.2 Å². The van der Waals surface area contributed by atoms with Crippen molar-refractivity contribution >= 4 is 17.5 Å². The molecule has 2 amide bonds. The van der Waals surface area contributed by atoms with Crippen molar-refractivity contribution in [2.75, 3.05) is 11.4 Å². The topological polar surface area (TPSA) is 58.6 Å². The van der Waals surface area contributed by atoms with Gasteiger partial charge in [0.05, 0.1) is 12.2 Å². The number of anilines is 1. The third-order valence-corrected chi connectivity index (χ3v) is 4.45. The number of rotatable bonds is 3. The summed E-state index contributed by atoms with van der Waals surface area (Å²) >= 11 is 0. The average Bonchev–Trinajstić information content (AvgIpc) is 3.44. The van der Waals surface area contributed by atoms with Crippen LogP contribution in [0.5, 0.6) is 5.75 Å². The Labute approximate surface area is 146 Å². The first-order chi connectivity index (χ1) is 12.1. The molecule has 1 N–H and O–H groups in total. The van der Waals surface area contributed by atoms with Crippen molar-refractivity contribution in [2.24, 2.45) is 0 Å². The maximum absolute atomic E-state index is 13.1. The fraction of sp³-hybridized carbons (Fsp3) is 0.300. The molecule has 2 aliphatic rings. The van der Waals surface area contributed by atoms with E-state index < -0.39 is 0 Å². The number of carbonyl (C=O) groups is 2. The molecular formula is C20H20N2O3. The van der Waals surface area contributed by atoms with E-state index in [0.717, 1.165) is 18.5 Å². The molecule has 0 spiro atoms. The Hall–Kier alpha value is -2.82. The monoisotopic (exact) mass is 336 g/mol. The SMILES string of the molecule is CC1CN(C(=O)c2cccc(C(=O)NC3CC3)c2)c2ccccc2O1. The van der Waals surface area contributed by atoms with Gasteiger partial charge in [0.15, 0.2) is 0 Å². The second-order valence-electron chi connectivity index (χ2n) is 6.64. The van der Waals surface area contributed by atoms with Crippen LogP contribution in [0.15, 0.2) is 48.5 Å². The molecule has 1 aliphatic carbocycles. The standard InChI is InChI=1S/C20H20N2O3/c1-13-12-22(17-7-2-3-8-18(17)25-13)20(24)15-6-4-5-14(11-15)19(23)21-16-9-10-16/h2-8,11,13,16H,9-10,12H2,1H3,(H,21,23). The van der Waals surface area contributed by atoms with Crippen molar-refractivity contribution in [1.82, 2.24) is 5.32 Å². The number of hydrogen-bond donors (Lipinski definition) is 1. The summed E-state index contributed by atoms with van der Waals surface area (Å²) in [5.74, 6) is 0.466. The third kappa shape index (κ3) is 3.22. The predicted molar refractivity (Wildman–Crippen MR) is 95.1 cm³/mol. The van der Waals surface area contributed by atoms with Gasteiger partial charge in [-0.2, -0.15) is 0 Å². The summed E-state index contributed by atoms with van der Waals surface area (Å²) in [4.78, 5) is 27.0. The minimum absolute atomic E-state index is 0.0832. The lowest BCUT2D eigenvalue weighted by atomic mass is 10.1. The van der Waals surface area contributed by atoms with Gasteiger partial charge in [-0.1, -0.05) is 18.2 Å². The van der Waals surface area contributed by atoms with Crippen LogP contribution >= 0.6 is 0 Å². The van der Waals surface area contributed by atoms with Crippen LogP contribution in [-0.4, -0.2) is 30.5 Å². The van der Waals surface area contributed by atoms with Crippen molar-refractivity contribution in [1.29, 1.82) is 0 Å². The molecule has 1 atom stereocenters. The zero-order valence-electron chi connectivity index (χ0n) is 14.1. The number of hydrogen-bond acceptors (Lipinski definition) is 3. The Morgan fingerprint density at radius 1 is 1.08 bits per heavy atom. The van der Waals surface area contributed by atoms with Crippen LogP contribution in [-0.2, 0) is 0 Å². The van der Waals surface area contributed by atoms with E-state index in [-0.39, 0.29) is 17.9 Å². The van der Waals surface area contributed by atoms with Crippen LogP contribution in [0.25, 0.3) is 0 Å². The number of fused-ring (bicyclic) bond motifs is 1. The van der Waals surface area contributed by atoms with Gasteiger partial charge in [0.25, 0.3) is 11.8 Å². The van der Waals surface area contributed by atoms with Crippen molar-refractivity contribution in [2.45, 2.75) is 31.9 Å². The van der Waals surface area contributed by atoms with E-state index in [4.69, 9.17) is 4.74 Å². The van der Waals surface area contributed by atoms with Gasteiger partial charge in [-0.25, -0.2) is 0 Å². The summed E-state index contributed by atoms with van der Waals surface area (Å²) < 4.78 is 5.80. The highest BCUT2D eigenvalue weighted by molar-refractivity contribution is 6.08. The summed E-state index contributed by atoms with van der Waals surface area (Å²) in [6.07, 6.45) is 1.99. The lowest BCUT2D eigenvalue weighted by molar-refractivity contribution is 0.0951. The number of para-hydroxylation sites is 2. The van der Waals surface area contributed by atoms with Gasteiger partial charge >= 0.3 is 0 Å². The fourth-order valence-electron chi connectivity index (χ4n) is 3.03. The number of carbonyl (C=O) groups excluding carboxylic acids is 2. The van der Waals surface area contributed by atoms with Crippen molar-refractivity contribution < 1.29 is 14.3 Å². The molecule has 25 heavy (non-hydrogen) atoms. The number of amides is 2. The summed E-state index contributed by atoms with van der Waals surface area (Å²) in [6, 6.07) is 14.7. The van der Waals surface area contributed by atoms with E-state index in [0.29, 0.717) is 29.5 Å². The molecule has 5 heteroatoms. The Balaban J connectivity index is 1.61. The largest absolute Gasteiger partial charge is 0.487 e. The van der Waals surface area contributed by atoms with Gasteiger partial charge in [0.2, 0.25) is 0 Å². The predicted octanol–water partition coefficient (Wildman–Crippen LogP) is 3.01. The molecule has 0 saturated heterocycles. The maximum atomic E-state index is 13.1. The highest BCUT2D eigenvalue weighted by atomic mass is 16.5. The molecule has 1 unspecified atom stereocenters. The minimum atomic E-state index is -0.122. The van der Waals surface area contributed by atoms with Crippen LogP contribution in [0.2, 0.25) is 0 Å². The van der Waals surface area contributed by atoms with Crippen LogP contribution in [0.4, 0.5) is 5.69 Å². The molecule has 2 aromatic rings. The quantitative estimate of drug-likeness (QED) is 0.937. The van der Waals surface area contributed by atoms with E-state index >= 15 is 0 Å². The van der Waals surface area contributed by atoms with E-state index in [1.807, 2.05) is 31.2 Å². The molecule has 0 aromatic heterocycles. The number of nitrogens with one attached hydrogen (secondary N) is 1. The molecule has 5 nitrogen and oxygen atoms in total. The lowest BCUT2D eigenvalue weighted by Crippen LogP contribution is -2.42. The van der Waals surface area contributed by atoms with Gasteiger partial charge in [-0.15, -0.1) is 0 Å². The first-order valence-corrected chi connectivity index (χ1v) is 8.60. The number of nitrogens with zero attached hydrogens (tertiary/aromatic N) is 1. The van der Waals surface area contributed by atoms with Crippen LogP contribution in [0, 0.1) is 0 Å². The highest BCUT2D eigenvalue weighted by Crippen LogP contribution is 2.34. The smallest absolute Gasteiger partial charge is 0.258 e. The second kappa shape index (κ2) is 6.24. The van der Waals surface area contributed by atoms with Gasteiger partial charge in [-0.3, -0.25) is 9.59 Å². The Bertz CT molecular complexity index is 829. The van der Waals surface area contributed by atoms with Crippen LogP contribution in [0.1, 0.15) is 40.5 Å². The average molecular weight is 336 g/mol. The van der Waals surface area contributed by atoms with Crippen LogP contribution < -0.4 is 15.0 Å². The molecule has 4 rings (SSSR count). The summed E-state index contributed by atoms with van der Waals surface area (Å²) in [7, 11) is 0. The zero-order valence-corrected chi connectivity index (χ0v) is 14.1. The van der Waals surface area contributed by atoms with E-state index in [9.17, 15) is 9.59 Å². The highest BCUT2D eigenvalue weighted by Gasteiger charge is 2.29. The van der Waals surface area contributed by atoms with Crippen molar-refractivity contribution in [3.63, 3.8) is 0 Å². The normalized spacial score (nSPS) is 18.9.